The van der Waals surface area contributed by atoms with Crippen molar-refractivity contribution in [3.8, 4) is 16.8 Å². The Balaban J connectivity index is 1.23. The Morgan fingerprint density at radius 2 is 0.863 bits per heavy atom. The molecule has 0 amide bonds. The molecule has 0 radical (unpaired) electrons. The van der Waals surface area contributed by atoms with Gasteiger partial charge >= 0.3 is 0 Å². The number of furan rings is 2. The maximum absolute atomic E-state index is 6.96. The SMILES string of the molecule is c1ccc2c(c1)oc1c(-c3ccc(-n4c5ccccc5c5c6c7ccccc7c7ccccc7c6c6c7ccccc7oc6c54)cc3)cccc12. The first-order valence-electron chi connectivity index (χ1n) is 17.4. The number of hydrogen-bond acceptors (Lipinski definition) is 2. The summed E-state index contributed by atoms with van der Waals surface area (Å²) in [5, 5.41) is 14.5. The molecule has 236 valence electrons. The summed E-state index contributed by atoms with van der Waals surface area (Å²) in [5.41, 5.74) is 9.13. The van der Waals surface area contributed by atoms with Crippen LogP contribution in [-0.4, -0.2) is 4.57 Å². The summed E-state index contributed by atoms with van der Waals surface area (Å²) in [6.45, 7) is 0. The van der Waals surface area contributed by atoms with Gasteiger partial charge in [0.2, 0.25) is 0 Å². The second kappa shape index (κ2) is 9.87. The van der Waals surface area contributed by atoms with Gasteiger partial charge in [0.05, 0.1) is 11.0 Å². The van der Waals surface area contributed by atoms with Gasteiger partial charge in [0.25, 0.3) is 0 Å². The van der Waals surface area contributed by atoms with Gasteiger partial charge in [-0.3, -0.25) is 0 Å². The Morgan fingerprint density at radius 3 is 1.59 bits per heavy atom. The Hall–Kier alpha value is -6.84. The lowest BCUT2D eigenvalue weighted by Crippen LogP contribution is -1.95. The number of aromatic nitrogens is 1. The smallest absolute Gasteiger partial charge is 0.160 e. The van der Waals surface area contributed by atoms with Crippen LogP contribution in [0.15, 0.2) is 173 Å². The molecular weight excluding hydrogens is 623 g/mol. The third-order valence-corrected chi connectivity index (χ3v) is 11.0. The maximum Gasteiger partial charge on any atom is 0.160 e. The highest BCUT2D eigenvalue weighted by molar-refractivity contribution is 6.44. The predicted octanol–water partition coefficient (Wildman–Crippen LogP) is 13.7. The van der Waals surface area contributed by atoms with E-state index in [1.165, 1.54) is 43.1 Å². The molecule has 0 aliphatic carbocycles. The fraction of sp³-hybridized carbons (Fsp3) is 0. The molecule has 0 fully saturated rings. The summed E-state index contributed by atoms with van der Waals surface area (Å²) in [7, 11) is 0. The summed E-state index contributed by atoms with van der Waals surface area (Å²) >= 11 is 0. The molecule has 0 bridgehead atoms. The Kier molecular flexibility index (Phi) is 5.23. The number of para-hydroxylation sites is 4. The second-order valence-corrected chi connectivity index (χ2v) is 13.5. The Morgan fingerprint density at radius 1 is 0.333 bits per heavy atom. The topological polar surface area (TPSA) is 31.2 Å². The molecule has 0 spiro atoms. The minimum atomic E-state index is 0.893. The molecule has 3 heterocycles. The van der Waals surface area contributed by atoms with Gasteiger partial charge < -0.3 is 13.4 Å². The number of fused-ring (bicyclic) bond motifs is 18. The van der Waals surface area contributed by atoms with Crippen molar-refractivity contribution >= 4 is 98.0 Å². The maximum atomic E-state index is 6.96. The van der Waals surface area contributed by atoms with E-state index in [0.29, 0.717) is 0 Å². The van der Waals surface area contributed by atoms with Gasteiger partial charge in [-0.2, -0.15) is 0 Å². The number of nitrogens with zero attached hydrogens (tertiary/aromatic N) is 1. The van der Waals surface area contributed by atoms with Gasteiger partial charge in [-0.25, -0.2) is 0 Å². The van der Waals surface area contributed by atoms with E-state index in [-0.39, 0.29) is 0 Å². The molecule has 0 atom stereocenters. The molecule has 0 N–H and O–H groups in total. The van der Waals surface area contributed by atoms with Crippen molar-refractivity contribution < 1.29 is 8.83 Å². The molecule has 0 aliphatic rings. The highest BCUT2D eigenvalue weighted by atomic mass is 16.3. The van der Waals surface area contributed by atoms with Crippen LogP contribution in [0.25, 0.3) is 115 Å². The fourth-order valence-electron chi connectivity index (χ4n) is 8.86. The minimum absolute atomic E-state index is 0.893. The largest absolute Gasteiger partial charge is 0.455 e. The van der Waals surface area contributed by atoms with Crippen LogP contribution in [0.5, 0.6) is 0 Å². The van der Waals surface area contributed by atoms with E-state index >= 15 is 0 Å². The molecule has 0 saturated heterocycles. The lowest BCUT2D eigenvalue weighted by Gasteiger charge is -2.14. The molecule has 0 aliphatic heterocycles. The van der Waals surface area contributed by atoms with Crippen molar-refractivity contribution in [1.82, 2.24) is 4.57 Å². The van der Waals surface area contributed by atoms with Crippen LogP contribution >= 0.6 is 0 Å². The quantitative estimate of drug-likeness (QED) is 0.175. The van der Waals surface area contributed by atoms with Crippen LogP contribution < -0.4 is 0 Å². The molecule has 0 unspecified atom stereocenters. The highest BCUT2D eigenvalue weighted by Gasteiger charge is 2.25. The second-order valence-electron chi connectivity index (χ2n) is 13.5. The summed E-state index contributed by atoms with van der Waals surface area (Å²) in [6, 6.07) is 58.6. The van der Waals surface area contributed by atoms with Gasteiger partial charge in [0.15, 0.2) is 5.58 Å². The molecule has 3 nitrogen and oxygen atoms in total. The van der Waals surface area contributed by atoms with Crippen LogP contribution in [-0.2, 0) is 0 Å². The molecule has 12 rings (SSSR count). The van der Waals surface area contributed by atoms with Gasteiger partial charge in [-0.1, -0.05) is 133 Å². The molecule has 51 heavy (non-hydrogen) atoms. The van der Waals surface area contributed by atoms with E-state index in [1.807, 2.05) is 12.1 Å². The van der Waals surface area contributed by atoms with Gasteiger partial charge in [-0.05, 0) is 57.4 Å². The van der Waals surface area contributed by atoms with Crippen LogP contribution in [0.2, 0.25) is 0 Å². The third kappa shape index (κ3) is 3.52. The van der Waals surface area contributed by atoms with E-state index in [2.05, 4.69) is 156 Å². The molecule has 3 heteroatoms. The average Bonchev–Trinajstić information content (AvgIpc) is 3.88. The Bertz CT molecular complexity index is 3410. The zero-order valence-corrected chi connectivity index (χ0v) is 27.4. The fourth-order valence-corrected chi connectivity index (χ4v) is 8.86. The van der Waals surface area contributed by atoms with Crippen LogP contribution in [0.4, 0.5) is 0 Å². The summed E-state index contributed by atoms with van der Waals surface area (Å²) < 4.78 is 15.8. The third-order valence-electron chi connectivity index (χ3n) is 11.0. The normalized spacial score (nSPS) is 12.3. The minimum Gasteiger partial charge on any atom is -0.455 e. The number of hydrogen-bond donors (Lipinski definition) is 0. The van der Waals surface area contributed by atoms with E-state index in [4.69, 9.17) is 8.83 Å². The lowest BCUT2D eigenvalue weighted by atomic mass is 9.89. The molecule has 9 aromatic carbocycles. The standard InChI is InChI=1S/C48H27NO2/c1-3-15-34-31(12-1)32-13-2-4-16-35(32)43-42(34)44-37-17-5-8-21-39(37)49(46(44)48-45(43)38-18-7-10-23-41(38)51-48)29-26-24-28(25-27-29)30-19-11-20-36-33-14-6-9-22-40(33)50-47(30)36/h1-27H. The first kappa shape index (κ1) is 27.0. The first-order valence-corrected chi connectivity index (χ1v) is 17.4. The molecule has 12 aromatic rings. The predicted molar refractivity (Wildman–Crippen MR) is 213 cm³/mol. The van der Waals surface area contributed by atoms with E-state index < -0.39 is 0 Å². The van der Waals surface area contributed by atoms with Crippen LogP contribution in [0.3, 0.4) is 0 Å². The van der Waals surface area contributed by atoms with Gasteiger partial charge in [-0.15, -0.1) is 0 Å². The number of benzene rings is 9. The van der Waals surface area contributed by atoms with Crippen molar-refractivity contribution in [2.45, 2.75) is 0 Å². The highest BCUT2D eigenvalue weighted by Crippen LogP contribution is 2.50. The van der Waals surface area contributed by atoms with Crippen LogP contribution in [0, 0.1) is 0 Å². The lowest BCUT2D eigenvalue weighted by molar-refractivity contribution is 0.670. The summed E-state index contributed by atoms with van der Waals surface area (Å²) in [5.74, 6) is 0. The zero-order valence-electron chi connectivity index (χ0n) is 27.4. The molecular formula is C48H27NO2. The van der Waals surface area contributed by atoms with Gasteiger partial charge in [0, 0.05) is 54.3 Å². The van der Waals surface area contributed by atoms with Crippen molar-refractivity contribution in [2.75, 3.05) is 0 Å². The van der Waals surface area contributed by atoms with Crippen LogP contribution in [0.1, 0.15) is 0 Å². The van der Waals surface area contributed by atoms with Gasteiger partial charge in [0.1, 0.15) is 16.7 Å². The van der Waals surface area contributed by atoms with E-state index in [9.17, 15) is 0 Å². The van der Waals surface area contributed by atoms with E-state index in [1.54, 1.807) is 0 Å². The van der Waals surface area contributed by atoms with E-state index in [0.717, 1.165) is 71.7 Å². The molecule has 0 saturated carbocycles. The van der Waals surface area contributed by atoms with Crippen molar-refractivity contribution in [3.63, 3.8) is 0 Å². The summed E-state index contributed by atoms with van der Waals surface area (Å²) in [6.07, 6.45) is 0. The molecule has 3 aromatic heterocycles. The Labute approximate surface area is 291 Å². The monoisotopic (exact) mass is 649 g/mol. The van der Waals surface area contributed by atoms with Crippen molar-refractivity contribution in [3.05, 3.63) is 164 Å². The van der Waals surface area contributed by atoms with Crippen molar-refractivity contribution in [2.24, 2.45) is 0 Å². The zero-order chi connectivity index (χ0) is 33.2. The summed E-state index contributed by atoms with van der Waals surface area (Å²) in [4.78, 5) is 0. The average molecular weight is 650 g/mol. The first-order chi connectivity index (χ1) is 25.3. The van der Waals surface area contributed by atoms with Crippen molar-refractivity contribution in [1.29, 1.82) is 0 Å². The number of rotatable bonds is 2.